The van der Waals surface area contributed by atoms with Gasteiger partial charge in [-0.25, -0.2) is 5.48 Å². The summed E-state index contributed by atoms with van der Waals surface area (Å²) in [6.07, 6.45) is 0.308. The van der Waals surface area contributed by atoms with Crippen molar-refractivity contribution in [2.45, 2.75) is 25.4 Å². The second-order valence-electron chi connectivity index (χ2n) is 6.22. The quantitative estimate of drug-likeness (QED) is 0.453. The van der Waals surface area contributed by atoms with Gasteiger partial charge in [0.25, 0.3) is 0 Å². The lowest BCUT2D eigenvalue weighted by Crippen LogP contribution is -2.32. The van der Waals surface area contributed by atoms with Crippen LogP contribution in [0, 0.1) is 5.92 Å². The van der Waals surface area contributed by atoms with Crippen molar-refractivity contribution in [3.8, 4) is 5.75 Å². The molecule has 3 rings (SSSR count). The molecule has 0 aromatic heterocycles. The third kappa shape index (κ3) is 3.41. The maximum absolute atomic E-state index is 12.4. The zero-order valence-corrected chi connectivity index (χ0v) is 14.5. The van der Waals surface area contributed by atoms with Gasteiger partial charge in [0.1, 0.15) is 17.8 Å². The Bertz CT molecular complexity index is 775. The van der Waals surface area contributed by atoms with Gasteiger partial charge in [0.2, 0.25) is 5.91 Å². The van der Waals surface area contributed by atoms with Crippen molar-refractivity contribution in [2.75, 3.05) is 6.61 Å². The molecule has 2 aromatic carbocycles. The molecule has 1 saturated carbocycles. The van der Waals surface area contributed by atoms with E-state index in [9.17, 15) is 9.59 Å². The lowest BCUT2D eigenvalue weighted by Gasteiger charge is -2.16. The van der Waals surface area contributed by atoms with Crippen LogP contribution >= 0.6 is 0 Å². The summed E-state index contributed by atoms with van der Waals surface area (Å²) in [5.41, 5.74) is 2.32. The summed E-state index contributed by atoms with van der Waals surface area (Å²) >= 11 is 0. The van der Waals surface area contributed by atoms with Crippen LogP contribution in [-0.4, -0.2) is 23.7 Å². The molecule has 2 aromatic rings. The van der Waals surface area contributed by atoms with Crippen LogP contribution in [0.15, 0.2) is 54.6 Å². The van der Waals surface area contributed by atoms with Crippen LogP contribution < -0.4 is 10.2 Å². The molecule has 1 unspecified atom stereocenters. The Morgan fingerprint density at radius 1 is 1.15 bits per heavy atom. The molecular formula is C20H21NO5. The Kier molecular flexibility index (Phi) is 5.23. The van der Waals surface area contributed by atoms with E-state index in [0.717, 1.165) is 5.56 Å². The summed E-state index contributed by atoms with van der Waals surface area (Å²) in [5, 5.41) is 8.89. The summed E-state index contributed by atoms with van der Waals surface area (Å²) in [7, 11) is 0. The second-order valence-corrected chi connectivity index (χ2v) is 6.22. The van der Waals surface area contributed by atoms with Gasteiger partial charge in [-0.15, -0.1) is 0 Å². The third-order valence-corrected chi connectivity index (χ3v) is 4.64. The molecule has 1 fully saturated rings. The summed E-state index contributed by atoms with van der Waals surface area (Å²) in [6, 6.07) is 16.9. The first-order chi connectivity index (χ1) is 12.6. The van der Waals surface area contributed by atoms with Gasteiger partial charge in [-0.3, -0.25) is 14.8 Å². The molecule has 6 nitrogen and oxygen atoms in total. The zero-order valence-electron chi connectivity index (χ0n) is 14.5. The second kappa shape index (κ2) is 7.58. The van der Waals surface area contributed by atoms with Crippen LogP contribution in [0.25, 0.3) is 0 Å². The Labute approximate surface area is 151 Å². The Morgan fingerprint density at radius 3 is 2.46 bits per heavy atom. The minimum absolute atomic E-state index is 0.228. The Balaban J connectivity index is 1.74. The summed E-state index contributed by atoms with van der Waals surface area (Å²) in [4.78, 5) is 24.2. The van der Waals surface area contributed by atoms with Gasteiger partial charge in [-0.05, 0) is 36.6 Å². The van der Waals surface area contributed by atoms with Crippen molar-refractivity contribution in [2.24, 2.45) is 5.92 Å². The van der Waals surface area contributed by atoms with Gasteiger partial charge in [-0.2, -0.15) is 0 Å². The van der Waals surface area contributed by atoms with Crippen molar-refractivity contribution >= 4 is 11.9 Å². The van der Waals surface area contributed by atoms with Crippen LogP contribution in [0.3, 0.4) is 0 Å². The number of nitrogens with one attached hydrogen (secondary N) is 1. The highest BCUT2D eigenvalue weighted by molar-refractivity contribution is 5.97. The van der Waals surface area contributed by atoms with Crippen molar-refractivity contribution in [3.05, 3.63) is 65.7 Å². The average Bonchev–Trinajstić information content (AvgIpc) is 3.44. The minimum Gasteiger partial charge on any atom is -0.489 e. The highest BCUT2D eigenvalue weighted by Crippen LogP contribution is 2.55. The molecule has 136 valence electrons. The van der Waals surface area contributed by atoms with E-state index in [0.29, 0.717) is 24.3 Å². The van der Waals surface area contributed by atoms with Crippen molar-refractivity contribution < 1.29 is 24.3 Å². The van der Waals surface area contributed by atoms with Gasteiger partial charge in [0.05, 0.1) is 12.5 Å². The largest absolute Gasteiger partial charge is 0.489 e. The molecule has 0 aliphatic heterocycles. The van der Waals surface area contributed by atoms with Gasteiger partial charge in [0.15, 0.2) is 0 Å². The maximum atomic E-state index is 12.4. The molecule has 0 spiro atoms. The van der Waals surface area contributed by atoms with Gasteiger partial charge in [-0.1, -0.05) is 42.5 Å². The smallest absolute Gasteiger partial charge is 0.317 e. The summed E-state index contributed by atoms with van der Waals surface area (Å²) in [6.45, 7) is 2.39. The number of hydrogen-bond acceptors (Lipinski definition) is 5. The summed E-state index contributed by atoms with van der Waals surface area (Å²) in [5.74, 6) is -1.00. The molecule has 1 amide bonds. The molecule has 1 aliphatic rings. The molecule has 6 heteroatoms. The molecule has 0 saturated heterocycles. The normalized spacial score (nSPS) is 20.9. The molecule has 2 atom stereocenters. The first-order valence-corrected chi connectivity index (χ1v) is 8.50. The number of hydroxylamine groups is 1. The fourth-order valence-corrected chi connectivity index (χ4v) is 3.17. The number of benzene rings is 2. The standard InChI is InChI=1S/C20H21NO5/c1-2-25-19(23)20(12-17(20)18(22)21-24)15-8-10-16(11-9-15)26-13-14-6-4-3-5-7-14/h3-11,17,24H,2,12-13H2,1H3,(H,21,22)/t17?,20-/m1/s1. The van der Waals surface area contributed by atoms with E-state index in [1.807, 2.05) is 30.3 Å². The lowest BCUT2D eigenvalue weighted by atomic mass is 9.93. The fourth-order valence-electron chi connectivity index (χ4n) is 3.17. The molecule has 26 heavy (non-hydrogen) atoms. The Morgan fingerprint density at radius 2 is 1.85 bits per heavy atom. The molecule has 2 N–H and O–H groups in total. The van der Waals surface area contributed by atoms with E-state index < -0.39 is 23.2 Å². The van der Waals surface area contributed by atoms with Crippen molar-refractivity contribution in [3.63, 3.8) is 0 Å². The van der Waals surface area contributed by atoms with Crippen molar-refractivity contribution in [1.82, 2.24) is 5.48 Å². The highest BCUT2D eigenvalue weighted by atomic mass is 16.5. The third-order valence-electron chi connectivity index (χ3n) is 4.64. The lowest BCUT2D eigenvalue weighted by molar-refractivity contribution is -0.148. The number of hydrogen-bond donors (Lipinski definition) is 2. The Hall–Kier alpha value is -2.86. The number of carbonyl (C=O) groups is 2. The van der Waals surface area contributed by atoms with Gasteiger partial charge < -0.3 is 9.47 Å². The van der Waals surface area contributed by atoms with E-state index in [4.69, 9.17) is 14.7 Å². The number of ether oxygens (including phenoxy) is 2. The van der Waals surface area contributed by atoms with Gasteiger partial charge >= 0.3 is 5.97 Å². The van der Waals surface area contributed by atoms with E-state index in [-0.39, 0.29) is 6.61 Å². The molecule has 0 radical (unpaired) electrons. The van der Waals surface area contributed by atoms with E-state index in [1.165, 1.54) is 0 Å². The molecular weight excluding hydrogens is 334 g/mol. The number of carbonyl (C=O) groups excluding carboxylic acids is 2. The van der Waals surface area contributed by atoms with Crippen LogP contribution in [-0.2, 0) is 26.3 Å². The molecule has 1 aliphatic carbocycles. The van der Waals surface area contributed by atoms with Crippen LogP contribution in [0.5, 0.6) is 5.75 Å². The first-order valence-electron chi connectivity index (χ1n) is 8.50. The van der Waals surface area contributed by atoms with E-state index in [2.05, 4.69) is 0 Å². The SMILES string of the molecule is CCOC(=O)[C@@]1(c2ccc(OCc3ccccc3)cc2)CC1C(=O)NO. The predicted molar refractivity (Wildman–Crippen MR) is 93.6 cm³/mol. The van der Waals surface area contributed by atoms with E-state index >= 15 is 0 Å². The zero-order chi connectivity index (χ0) is 18.6. The average molecular weight is 355 g/mol. The molecule has 0 bridgehead atoms. The van der Waals surface area contributed by atoms with Crippen LogP contribution in [0.4, 0.5) is 0 Å². The van der Waals surface area contributed by atoms with Crippen LogP contribution in [0.2, 0.25) is 0 Å². The predicted octanol–water partition coefficient (Wildman–Crippen LogP) is 2.59. The first kappa shape index (κ1) is 17.9. The molecule has 0 heterocycles. The number of amides is 1. The number of esters is 1. The summed E-state index contributed by atoms with van der Waals surface area (Å²) < 4.78 is 10.9. The minimum atomic E-state index is -1.04. The maximum Gasteiger partial charge on any atom is 0.317 e. The topological polar surface area (TPSA) is 84.9 Å². The monoisotopic (exact) mass is 355 g/mol. The highest BCUT2D eigenvalue weighted by Gasteiger charge is 2.65. The van der Waals surface area contributed by atoms with Crippen molar-refractivity contribution in [1.29, 1.82) is 0 Å². The van der Waals surface area contributed by atoms with E-state index in [1.54, 1.807) is 36.7 Å². The van der Waals surface area contributed by atoms with Gasteiger partial charge in [0, 0.05) is 0 Å². The number of rotatable bonds is 7. The fraction of sp³-hybridized carbons (Fsp3) is 0.300. The van der Waals surface area contributed by atoms with Crippen LogP contribution in [0.1, 0.15) is 24.5 Å².